The molecule has 0 amide bonds. The first-order valence-electron chi connectivity index (χ1n) is 5.66. The second kappa shape index (κ2) is 8.49. The van der Waals surface area contributed by atoms with Crippen molar-refractivity contribution in [1.82, 2.24) is 0 Å². The standard InChI is InChI=1S/C11H22O4Si/c1-6-10(15-11(12)9(4)5)16(13-7-2)14-8-3/h10,16H,4,6-8H2,1-3,5H3. The van der Waals surface area contributed by atoms with E-state index in [9.17, 15) is 4.79 Å². The van der Waals surface area contributed by atoms with E-state index in [0.717, 1.165) is 0 Å². The number of carbonyl (C=O) groups is 1. The number of esters is 1. The minimum absolute atomic E-state index is 0.246. The van der Waals surface area contributed by atoms with Crippen LogP contribution < -0.4 is 0 Å². The van der Waals surface area contributed by atoms with Crippen molar-refractivity contribution in [2.24, 2.45) is 0 Å². The van der Waals surface area contributed by atoms with Crippen LogP contribution in [0.25, 0.3) is 0 Å². The monoisotopic (exact) mass is 246 g/mol. The van der Waals surface area contributed by atoms with E-state index in [0.29, 0.717) is 25.2 Å². The van der Waals surface area contributed by atoms with Crippen molar-refractivity contribution in [3.8, 4) is 0 Å². The molecule has 0 fully saturated rings. The van der Waals surface area contributed by atoms with E-state index >= 15 is 0 Å². The second-order valence-electron chi connectivity index (χ2n) is 3.41. The summed E-state index contributed by atoms with van der Waals surface area (Å²) in [5, 5.41) is 0. The van der Waals surface area contributed by atoms with Gasteiger partial charge in [0.25, 0.3) is 0 Å². The predicted octanol–water partition coefficient (Wildman–Crippen LogP) is 1.72. The van der Waals surface area contributed by atoms with E-state index in [2.05, 4.69) is 6.58 Å². The number of hydrogen-bond donors (Lipinski definition) is 0. The summed E-state index contributed by atoms with van der Waals surface area (Å²) < 4.78 is 16.4. The van der Waals surface area contributed by atoms with Crippen molar-refractivity contribution < 1.29 is 18.4 Å². The molecule has 1 atom stereocenters. The van der Waals surface area contributed by atoms with Gasteiger partial charge in [0.05, 0.1) is 0 Å². The van der Waals surface area contributed by atoms with E-state index in [1.165, 1.54) is 0 Å². The highest BCUT2D eigenvalue weighted by atomic mass is 28.3. The lowest BCUT2D eigenvalue weighted by molar-refractivity contribution is -0.142. The molecule has 0 aromatic carbocycles. The van der Waals surface area contributed by atoms with Gasteiger partial charge in [-0.3, -0.25) is 0 Å². The molecule has 0 saturated heterocycles. The molecule has 0 aliphatic heterocycles. The molecular weight excluding hydrogens is 224 g/mol. The minimum Gasteiger partial charge on any atom is -0.457 e. The van der Waals surface area contributed by atoms with Gasteiger partial charge in [-0.25, -0.2) is 4.79 Å². The fourth-order valence-electron chi connectivity index (χ4n) is 1.16. The summed E-state index contributed by atoms with van der Waals surface area (Å²) in [7, 11) is -1.93. The van der Waals surface area contributed by atoms with Crippen molar-refractivity contribution in [3.05, 3.63) is 12.2 Å². The topological polar surface area (TPSA) is 44.8 Å². The molecule has 0 aliphatic rings. The SMILES string of the molecule is C=C(C)C(=O)OC(CC)[SiH](OCC)OCC. The van der Waals surface area contributed by atoms with E-state index in [-0.39, 0.29) is 11.7 Å². The average molecular weight is 246 g/mol. The van der Waals surface area contributed by atoms with Crippen LogP contribution >= 0.6 is 0 Å². The van der Waals surface area contributed by atoms with Crippen molar-refractivity contribution in [3.63, 3.8) is 0 Å². The van der Waals surface area contributed by atoms with Crippen LogP contribution in [0.4, 0.5) is 0 Å². The molecule has 0 heterocycles. The van der Waals surface area contributed by atoms with Crippen molar-refractivity contribution in [2.45, 2.75) is 39.8 Å². The van der Waals surface area contributed by atoms with Crippen LogP contribution in [0.1, 0.15) is 34.1 Å². The van der Waals surface area contributed by atoms with Gasteiger partial charge in [-0.1, -0.05) is 13.5 Å². The Balaban J connectivity index is 4.40. The van der Waals surface area contributed by atoms with Crippen LogP contribution in [0.3, 0.4) is 0 Å². The Hall–Kier alpha value is -0.653. The van der Waals surface area contributed by atoms with Crippen LogP contribution in [0.5, 0.6) is 0 Å². The van der Waals surface area contributed by atoms with Gasteiger partial charge in [0.15, 0.2) is 0 Å². The van der Waals surface area contributed by atoms with Gasteiger partial charge in [-0.05, 0) is 27.2 Å². The molecule has 0 N–H and O–H groups in total. The fraction of sp³-hybridized carbons (Fsp3) is 0.727. The maximum absolute atomic E-state index is 11.4. The van der Waals surface area contributed by atoms with Crippen molar-refractivity contribution >= 4 is 15.3 Å². The fourth-order valence-corrected chi connectivity index (χ4v) is 2.96. The van der Waals surface area contributed by atoms with E-state index in [1.54, 1.807) is 6.92 Å². The van der Waals surface area contributed by atoms with Gasteiger partial charge < -0.3 is 13.6 Å². The lowest BCUT2D eigenvalue weighted by Crippen LogP contribution is -2.40. The van der Waals surface area contributed by atoms with Crippen molar-refractivity contribution in [1.29, 1.82) is 0 Å². The molecule has 0 rings (SSSR count). The molecule has 0 bridgehead atoms. The second-order valence-corrected chi connectivity index (χ2v) is 5.56. The van der Waals surface area contributed by atoms with Crippen LogP contribution in [0, 0.1) is 0 Å². The van der Waals surface area contributed by atoms with Gasteiger partial charge in [0.1, 0.15) is 5.73 Å². The van der Waals surface area contributed by atoms with Crippen LogP contribution in [0.2, 0.25) is 0 Å². The molecule has 16 heavy (non-hydrogen) atoms. The summed E-state index contributed by atoms with van der Waals surface area (Å²) >= 11 is 0. The summed E-state index contributed by atoms with van der Waals surface area (Å²) in [6.07, 6.45) is 0.704. The molecule has 0 spiro atoms. The zero-order valence-corrected chi connectivity index (χ0v) is 11.8. The third-order valence-electron chi connectivity index (χ3n) is 1.97. The molecule has 4 nitrogen and oxygen atoms in total. The summed E-state index contributed by atoms with van der Waals surface area (Å²) in [5.74, 6) is -0.372. The van der Waals surface area contributed by atoms with Crippen LogP contribution in [-0.4, -0.2) is 34.2 Å². The minimum atomic E-state index is -1.93. The predicted molar refractivity (Wildman–Crippen MR) is 65.4 cm³/mol. The summed E-state index contributed by atoms with van der Waals surface area (Å²) in [5.41, 5.74) is 0.156. The van der Waals surface area contributed by atoms with Gasteiger partial charge in [0, 0.05) is 18.8 Å². The molecule has 94 valence electrons. The Labute approximate surface area is 99.4 Å². The van der Waals surface area contributed by atoms with Crippen molar-refractivity contribution in [2.75, 3.05) is 13.2 Å². The third kappa shape index (κ3) is 5.44. The Kier molecular flexibility index (Phi) is 8.15. The maximum atomic E-state index is 11.4. The Morgan fingerprint density at radius 3 is 2.06 bits per heavy atom. The van der Waals surface area contributed by atoms with Crippen LogP contribution in [0.15, 0.2) is 12.2 Å². The molecule has 0 aromatic rings. The number of ether oxygens (including phenoxy) is 1. The quantitative estimate of drug-likeness (QED) is 0.371. The zero-order valence-electron chi connectivity index (χ0n) is 10.6. The lowest BCUT2D eigenvalue weighted by Gasteiger charge is -2.23. The zero-order chi connectivity index (χ0) is 12.6. The highest BCUT2D eigenvalue weighted by molar-refractivity contribution is 6.46. The Morgan fingerprint density at radius 1 is 1.25 bits per heavy atom. The maximum Gasteiger partial charge on any atom is 0.363 e. The molecule has 5 heteroatoms. The molecule has 1 unspecified atom stereocenters. The summed E-state index contributed by atoms with van der Waals surface area (Å²) in [6, 6.07) is 0. The van der Waals surface area contributed by atoms with E-state index < -0.39 is 9.28 Å². The largest absolute Gasteiger partial charge is 0.457 e. The molecule has 0 saturated carbocycles. The average Bonchev–Trinajstić information content (AvgIpc) is 2.25. The first-order chi connectivity index (χ1) is 7.56. The van der Waals surface area contributed by atoms with Gasteiger partial charge in [-0.15, -0.1) is 0 Å². The van der Waals surface area contributed by atoms with Crippen LogP contribution in [-0.2, 0) is 18.4 Å². The highest BCUT2D eigenvalue weighted by Gasteiger charge is 2.28. The number of carbonyl (C=O) groups excluding carboxylic acids is 1. The van der Waals surface area contributed by atoms with E-state index in [1.807, 2.05) is 20.8 Å². The smallest absolute Gasteiger partial charge is 0.363 e. The first-order valence-corrected chi connectivity index (χ1v) is 7.27. The lowest BCUT2D eigenvalue weighted by atomic mass is 10.4. The molecule has 0 aliphatic carbocycles. The van der Waals surface area contributed by atoms with Gasteiger partial charge in [0.2, 0.25) is 0 Å². The normalized spacial score (nSPS) is 12.6. The summed E-state index contributed by atoms with van der Waals surface area (Å²) in [6.45, 7) is 12.1. The van der Waals surface area contributed by atoms with Gasteiger partial charge >= 0.3 is 15.3 Å². The Morgan fingerprint density at radius 2 is 1.75 bits per heavy atom. The highest BCUT2D eigenvalue weighted by Crippen LogP contribution is 2.09. The molecular formula is C11H22O4Si. The third-order valence-corrected chi connectivity index (χ3v) is 4.51. The molecule has 0 aromatic heterocycles. The van der Waals surface area contributed by atoms with E-state index in [4.69, 9.17) is 13.6 Å². The number of rotatable bonds is 8. The Bertz CT molecular complexity index is 224. The molecule has 0 radical (unpaired) electrons. The van der Waals surface area contributed by atoms with Gasteiger partial charge in [-0.2, -0.15) is 0 Å². The first kappa shape index (κ1) is 15.3. The summed E-state index contributed by atoms with van der Waals surface area (Å²) in [4.78, 5) is 11.4. The number of hydrogen-bond acceptors (Lipinski definition) is 4.